The van der Waals surface area contributed by atoms with Gasteiger partial charge in [-0.05, 0) is 44.9 Å². The van der Waals surface area contributed by atoms with Gasteiger partial charge in [0.05, 0.1) is 11.4 Å². The maximum absolute atomic E-state index is 13.2. The minimum Gasteiger partial charge on any atom is -0.345 e. The third kappa shape index (κ3) is 5.74. The molecule has 176 valence electrons. The van der Waals surface area contributed by atoms with Crippen molar-refractivity contribution in [1.82, 2.24) is 19.0 Å². The van der Waals surface area contributed by atoms with Crippen molar-refractivity contribution in [3.05, 3.63) is 41.2 Å². The molecule has 0 aliphatic rings. The summed E-state index contributed by atoms with van der Waals surface area (Å²) < 4.78 is 29.4. The molecule has 2 rings (SSSR count). The zero-order chi connectivity index (χ0) is 24.1. The summed E-state index contributed by atoms with van der Waals surface area (Å²) in [6, 6.07) is 6.66. The highest BCUT2D eigenvalue weighted by Gasteiger charge is 2.30. The van der Waals surface area contributed by atoms with E-state index in [1.165, 1.54) is 13.9 Å². The van der Waals surface area contributed by atoms with Gasteiger partial charge < -0.3 is 10.2 Å². The van der Waals surface area contributed by atoms with Crippen LogP contribution in [0.1, 0.15) is 48.4 Å². The van der Waals surface area contributed by atoms with Gasteiger partial charge in [-0.15, -0.1) is 0 Å². The lowest BCUT2D eigenvalue weighted by Gasteiger charge is -2.21. The minimum absolute atomic E-state index is 0.143. The standard InChI is InChI=1S/C22H33N5O4S/c1-7-12-26(13-8-2)32(30,31)21-16(3)24-27(17(21)4)15-20(28)23-19-11-9-10-18(14-19)22(29)25(5)6/h9-11,14H,7-8,12-13,15H2,1-6H3,(H,23,28). The predicted octanol–water partition coefficient (Wildman–Crippen LogP) is 2.65. The molecule has 0 spiro atoms. The Balaban J connectivity index is 2.24. The molecule has 32 heavy (non-hydrogen) atoms. The molecule has 0 saturated carbocycles. The Labute approximate surface area is 190 Å². The highest BCUT2D eigenvalue weighted by molar-refractivity contribution is 7.89. The minimum atomic E-state index is -3.71. The van der Waals surface area contributed by atoms with E-state index in [2.05, 4.69) is 10.4 Å². The van der Waals surface area contributed by atoms with Crippen LogP contribution in [-0.4, -0.2) is 66.4 Å². The molecule has 0 fully saturated rings. The summed E-state index contributed by atoms with van der Waals surface area (Å²) in [6.07, 6.45) is 1.42. The summed E-state index contributed by atoms with van der Waals surface area (Å²) in [5.41, 5.74) is 1.73. The van der Waals surface area contributed by atoms with Crippen molar-refractivity contribution in [2.24, 2.45) is 0 Å². The number of sulfonamides is 1. The quantitative estimate of drug-likeness (QED) is 0.583. The van der Waals surface area contributed by atoms with Crippen LogP contribution in [0.5, 0.6) is 0 Å². The maximum atomic E-state index is 13.2. The molecule has 0 aliphatic heterocycles. The highest BCUT2D eigenvalue weighted by atomic mass is 32.2. The van der Waals surface area contributed by atoms with Crippen molar-refractivity contribution in [1.29, 1.82) is 0 Å². The first-order valence-corrected chi connectivity index (χ1v) is 12.1. The number of amides is 2. The molecule has 1 aromatic heterocycles. The first-order valence-electron chi connectivity index (χ1n) is 10.7. The lowest BCUT2D eigenvalue weighted by molar-refractivity contribution is -0.116. The number of hydrogen-bond acceptors (Lipinski definition) is 5. The zero-order valence-electron chi connectivity index (χ0n) is 19.7. The van der Waals surface area contributed by atoms with Gasteiger partial charge in [0.1, 0.15) is 11.4 Å². The zero-order valence-corrected chi connectivity index (χ0v) is 20.5. The average molecular weight is 464 g/mol. The third-order valence-electron chi connectivity index (χ3n) is 4.95. The molecular formula is C22H33N5O4S. The fourth-order valence-corrected chi connectivity index (χ4v) is 5.51. The van der Waals surface area contributed by atoms with E-state index in [1.807, 2.05) is 13.8 Å². The Bertz CT molecular complexity index is 1070. The van der Waals surface area contributed by atoms with Crippen LogP contribution in [0, 0.1) is 13.8 Å². The van der Waals surface area contributed by atoms with Gasteiger partial charge in [0.25, 0.3) is 5.91 Å². The molecule has 9 nitrogen and oxygen atoms in total. The van der Waals surface area contributed by atoms with Crippen LogP contribution in [-0.2, 0) is 21.4 Å². The molecule has 2 amide bonds. The molecule has 1 aromatic carbocycles. The van der Waals surface area contributed by atoms with E-state index >= 15 is 0 Å². The normalized spacial score (nSPS) is 11.6. The molecule has 0 bridgehead atoms. The molecular weight excluding hydrogens is 430 g/mol. The van der Waals surface area contributed by atoms with E-state index in [4.69, 9.17) is 0 Å². The number of hydrogen-bond donors (Lipinski definition) is 1. The maximum Gasteiger partial charge on any atom is 0.253 e. The summed E-state index contributed by atoms with van der Waals surface area (Å²) in [5, 5.41) is 7.07. The number of carbonyl (C=O) groups excluding carboxylic acids is 2. The van der Waals surface area contributed by atoms with Crippen molar-refractivity contribution < 1.29 is 18.0 Å². The van der Waals surface area contributed by atoms with Gasteiger partial charge in [0.2, 0.25) is 15.9 Å². The van der Waals surface area contributed by atoms with E-state index in [9.17, 15) is 18.0 Å². The van der Waals surface area contributed by atoms with Crippen molar-refractivity contribution in [3.63, 3.8) is 0 Å². The van der Waals surface area contributed by atoms with Crippen LogP contribution in [0.4, 0.5) is 5.69 Å². The van der Waals surface area contributed by atoms with Crippen LogP contribution >= 0.6 is 0 Å². The predicted molar refractivity (Wildman–Crippen MR) is 124 cm³/mol. The largest absolute Gasteiger partial charge is 0.345 e. The van der Waals surface area contributed by atoms with Crippen molar-refractivity contribution in [3.8, 4) is 0 Å². The smallest absolute Gasteiger partial charge is 0.253 e. The monoisotopic (exact) mass is 463 g/mol. The number of anilines is 1. The van der Waals surface area contributed by atoms with E-state index in [0.29, 0.717) is 48.6 Å². The number of aryl methyl sites for hydroxylation is 1. The van der Waals surface area contributed by atoms with E-state index < -0.39 is 10.0 Å². The molecule has 0 radical (unpaired) electrons. The molecule has 1 heterocycles. The number of rotatable bonds is 10. The molecule has 0 aliphatic carbocycles. The Morgan fingerprint density at radius 2 is 1.72 bits per heavy atom. The summed E-state index contributed by atoms with van der Waals surface area (Å²) in [4.78, 5) is 26.4. The van der Waals surface area contributed by atoms with Gasteiger partial charge in [-0.3, -0.25) is 14.3 Å². The Hall–Kier alpha value is -2.72. The molecule has 0 unspecified atom stereocenters. The van der Waals surface area contributed by atoms with Crippen molar-refractivity contribution >= 4 is 27.5 Å². The van der Waals surface area contributed by atoms with Gasteiger partial charge in [-0.1, -0.05) is 19.9 Å². The molecule has 1 N–H and O–H groups in total. The molecule has 0 saturated heterocycles. The van der Waals surface area contributed by atoms with Crippen LogP contribution < -0.4 is 5.32 Å². The lowest BCUT2D eigenvalue weighted by atomic mass is 10.2. The topological polar surface area (TPSA) is 105 Å². The third-order valence-corrected chi connectivity index (χ3v) is 7.10. The van der Waals surface area contributed by atoms with Gasteiger partial charge in [0.15, 0.2) is 0 Å². The fourth-order valence-electron chi connectivity index (χ4n) is 3.51. The Morgan fingerprint density at radius 1 is 1.09 bits per heavy atom. The summed E-state index contributed by atoms with van der Waals surface area (Å²) >= 11 is 0. The summed E-state index contributed by atoms with van der Waals surface area (Å²) in [7, 11) is -0.394. The first-order chi connectivity index (χ1) is 15.0. The lowest BCUT2D eigenvalue weighted by Crippen LogP contribution is -2.33. The fraction of sp³-hybridized carbons (Fsp3) is 0.500. The van der Waals surface area contributed by atoms with Crippen LogP contribution in [0.3, 0.4) is 0 Å². The van der Waals surface area contributed by atoms with Gasteiger partial charge in [-0.2, -0.15) is 9.40 Å². The SMILES string of the molecule is CCCN(CCC)S(=O)(=O)c1c(C)nn(CC(=O)Nc2cccc(C(=O)N(C)C)c2)c1C. The number of benzene rings is 1. The van der Waals surface area contributed by atoms with E-state index in [0.717, 1.165) is 0 Å². The second-order valence-electron chi connectivity index (χ2n) is 7.89. The highest BCUT2D eigenvalue weighted by Crippen LogP contribution is 2.24. The van der Waals surface area contributed by atoms with Gasteiger partial charge >= 0.3 is 0 Å². The number of nitrogens with zero attached hydrogens (tertiary/aromatic N) is 4. The Morgan fingerprint density at radius 3 is 2.28 bits per heavy atom. The molecule has 10 heteroatoms. The second kappa shape index (κ2) is 10.7. The number of nitrogens with one attached hydrogen (secondary N) is 1. The van der Waals surface area contributed by atoms with Gasteiger partial charge in [0, 0.05) is 38.4 Å². The van der Waals surface area contributed by atoms with Crippen LogP contribution in [0.25, 0.3) is 0 Å². The summed E-state index contributed by atoms with van der Waals surface area (Å²) in [6.45, 7) is 7.90. The van der Waals surface area contributed by atoms with Crippen LogP contribution in [0.2, 0.25) is 0 Å². The van der Waals surface area contributed by atoms with Crippen molar-refractivity contribution in [2.45, 2.75) is 52.0 Å². The van der Waals surface area contributed by atoms with E-state index in [-0.39, 0.29) is 23.3 Å². The van der Waals surface area contributed by atoms with E-state index in [1.54, 1.807) is 52.2 Å². The number of aromatic nitrogens is 2. The number of carbonyl (C=O) groups is 2. The average Bonchev–Trinajstić information content (AvgIpc) is 3.00. The molecule has 0 atom stereocenters. The first kappa shape index (κ1) is 25.5. The Kier molecular flexibility index (Phi) is 8.57. The van der Waals surface area contributed by atoms with Crippen LogP contribution in [0.15, 0.2) is 29.2 Å². The van der Waals surface area contributed by atoms with Gasteiger partial charge in [-0.25, -0.2) is 8.42 Å². The second-order valence-corrected chi connectivity index (χ2v) is 9.77. The van der Waals surface area contributed by atoms with Crippen molar-refractivity contribution in [2.75, 3.05) is 32.5 Å². The molecule has 2 aromatic rings. The summed E-state index contributed by atoms with van der Waals surface area (Å²) in [5.74, 6) is -0.536.